The van der Waals surface area contributed by atoms with Crippen molar-refractivity contribution in [3.05, 3.63) is 22.7 Å². The number of anilines is 2. The molecule has 1 aliphatic heterocycles. The highest BCUT2D eigenvalue weighted by molar-refractivity contribution is 9.10. The van der Waals surface area contributed by atoms with Gasteiger partial charge < -0.3 is 15.7 Å². The quantitative estimate of drug-likeness (QED) is 0.772. The Hall–Kier alpha value is -1.56. The summed E-state index contributed by atoms with van der Waals surface area (Å²) in [6.07, 6.45) is -0.235. The zero-order valence-electron chi connectivity index (χ0n) is 8.16. The van der Waals surface area contributed by atoms with Crippen molar-refractivity contribution in [1.82, 2.24) is 0 Å². The van der Waals surface area contributed by atoms with E-state index in [-0.39, 0.29) is 12.3 Å². The monoisotopic (exact) mass is 284 g/mol. The van der Waals surface area contributed by atoms with E-state index in [9.17, 15) is 9.59 Å². The lowest BCUT2D eigenvalue weighted by molar-refractivity contribution is -0.138. The predicted molar refractivity (Wildman–Crippen MR) is 62.4 cm³/mol. The van der Waals surface area contributed by atoms with Crippen molar-refractivity contribution in [2.75, 3.05) is 10.6 Å². The van der Waals surface area contributed by atoms with E-state index in [0.29, 0.717) is 5.69 Å². The molecule has 84 valence electrons. The zero-order valence-corrected chi connectivity index (χ0v) is 9.74. The molecule has 0 spiro atoms. The van der Waals surface area contributed by atoms with E-state index in [2.05, 4.69) is 26.6 Å². The van der Waals surface area contributed by atoms with Gasteiger partial charge in [0.15, 0.2) is 0 Å². The van der Waals surface area contributed by atoms with Gasteiger partial charge in [-0.25, -0.2) is 0 Å². The first-order chi connectivity index (χ1) is 7.56. The second-order valence-electron chi connectivity index (χ2n) is 3.47. The van der Waals surface area contributed by atoms with Crippen LogP contribution in [0.2, 0.25) is 0 Å². The SMILES string of the molecule is O=C(O)CC1Nc2ccc(Br)cc2NC1=O. The highest BCUT2D eigenvalue weighted by Gasteiger charge is 2.27. The summed E-state index contributed by atoms with van der Waals surface area (Å²) in [5, 5.41) is 14.2. The standard InChI is InChI=1S/C10H9BrN2O3/c11-5-1-2-6-7(3-5)13-10(16)8(12-6)4-9(14)15/h1-3,8,12H,4H2,(H,13,16)(H,14,15). The van der Waals surface area contributed by atoms with Crippen molar-refractivity contribution in [3.63, 3.8) is 0 Å². The van der Waals surface area contributed by atoms with Crippen molar-refractivity contribution in [2.24, 2.45) is 0 Å². The molecule has 16 heavy (non-hydrogen) atoms. The van der Waals surface area contributed by atoms with Gasteiger partial charge in [0.2, 0.25) is 5.91 Å². The normalized spacial score (nSPS) is 18.3. The molecule has 0 bridgehead atoms. The van der Waals surface area contributed by atoms with Gasteiger partial charge in [0.25, 0.3) is 0 Å². The Morgan fingerprint density at radius 1 is 1.44 bits per heavy atom. The molecule has 1 aromatic carbocycles. The molecule has 1 heterocycles. The summed E-state index contributed by atoms with van der Waals surface area (Å²) in [6, 6.07) is 4.65. The molecule has 0 aliphatic carbocycles. The summed E-state index contributed by atoms with van der Waals surface area (Å²) < 4.78 is 0.852. The molecule has 6 heteroatoms. The van der Waals surface area contributed by atoms with Gasteiger partial charge in [-0.3, -0.25) is 9.59 Å². The third-order valence-electron chi connectivity index (χ3n) is 2.26. The van der Waals surface area contributed by atoms with E-state index in [0.717, 1.165) is 10.2 Å². The summed E-state index contributed by atoms with van der Waals surface area (Å²) in [4.78, 5) is 22.1. The first-order valence-corrected chi connectivity index (χ1v) is 5.44. The van der Waals surface area contributed by atoms with Crippen molar-refractivity contribution >= 4 is 39.2 Å². The number of halogens is 1. The minimum Gasteiger partial charge on any atom is -0.481 e. The summed E-state index contributed by atoms with van der Waals surface area (Å²) in [5.74, 6) is -1.33. The molecule has 1 aromatic rings. The molecule has 0 fully saturated rings. The van der Waals surface area contributed by atoms with Gasteiger partial charge in [0.05, 0.1) is 17.8 Å². The Labute approximate surface area is 100.0 Å². The van der Waals surface area contributed by atoms with E-state index in [1.54, 1.807) is 12.1 Å². The van der Waals surface area contributed by atoms with Crippen molar-refractivity contribution in [2.45, 2.75) is 12.5 Å². The number of carbonyl (C=O) groups excluding carboxylic acids is 1. The van der Waals surface area contributed by atoms with Crippen molar-refractivity contribution < 1.29 is 14.7 Å². The summed E-state index contributed by atoms with van der Waals surface area (Å²) in [7, 11) is 0. The molecule has 1 amide bonds. The maximum absolute atomic E-state index is 11.6. The van der Waals surface area contributed by atoms with Crippen LogP contribution in [-0.2, 0) is 9.59 Å². The molecule has 0 radical (unpaired) electrons. The third kappa shape index (κ3) is 2.16. The predicted octanol–water partition coefficient (Wildman–Crippen LogP) is 1.66. The number of amides is 1. The van der Waals surface area contributed by atoms with Gasteiger partial charge in [-0.2, -0.15) is 0 Å². The second kappa shape index (κ2) is 4.13. The Kier molecular flexibility index (Phi) is 2.82. The van der Waals surface area contributed by atoms with Crippen LogP contribution in [0.3, 0.4) is 0 Å². The Bertz CT molecular complexity index is 461. The number of hydrogen-bond acceptors (Lipinski definition) is 3. The van der Waals surface area contributed by atoms with Crippen LogP contribution in [0.1, 0.15) is 6.42 Å². The van der Waals surface area contributed by atoms with Crippen molar-refractivity contribution in [3.8, 4) is 0 Å². The fourth-order valence-electron chi connectivity index (χ4n) is 1.54. The van der Waals surface area contributed by atoms with Crippen LogP contribution in [0, 0.1) is 0 Å². The van der Waals surface area contributed by atoms with Gasteiger partial charge >= 0.3 is 5.97 Å². The van der Waals surface area contributed by atoms with Crippen molar-refractivity contribution in [1.29, 1.82) is 0 Å². The van der Waals surface area contributed by atoms with Crippen LogP contribution in [-0.4, -0.2) is 23.0 Å². The number of carboxylic acid groups (broad SMARTS) is 1. The first-order valence-electron chi connectivity index (χ1n) is 4.65. The van der Waals surface area contributed by atoms with Gasteiger partial charge in [0, 0.05) is 4.47 Å². The molecule has 1 aliphatic rings. The minimum atomic E-state index is -1.01. The minimum absolute atomic E-state index is 0.235. The maximum atomic E-state index is 11.6. The fourth-order valence-corrected chi connectivity index (χ4v) is 1.90. The highest BCUT2D eigenvalue weighted by Crippen LogP contribution is 2.30. The summed E-state index contributed by atoms with van der Waals surface area (Å²) in [6.45, 7) is 0. The van der Waals surface area contributed by atoms with Crippen LogP contribution in [0.4, 0.5) is 11.4 Å². The van der Waals surface area contributed by atoms with Crippen LogP contribution in [0.5, 0.6) is 0 Å². The number of nitrogens with one attached hydrogen (secondary N) is 2. The van der Waals surface area contributed by atoms with Gasteiger partial charge in [-0.1, -0.05) is 15.9 Å². The molecule has 0 aromatic heterocycles. The number of benzene rings is 1. The molecule has 5 nitrogen and oxygen atoms in total. The van der Waals surface area contributed by atoms with Gasteiger partial charge in [-0.15, -0.1) is 0 Å². The van der Waals surface area contributed by atoms with Crippen LogP contribution in [0.25, 0.3) is 0 Å². The average Bonchev–Trinajstić information content (AvgIpc) is 2.19. The van der Waals surface area contributed by atoms with E-state index < -0.39 is 12.0 Å². The number of aliphatic carboxylic acids is 1. The van der Waals surface area contributed by atoms with Crippen LogP contribution >= 0.6 is 15.9 Å². The van der Waals surface area contributed by atoms with E-state index in [4.69, 9.17) is 5.11 Å². The van der Waals surface area contributed by atoms with Gasteiger partial charge in [0.1, 0.15) is 6.04 Å². The molecule has 1 atom stereocenters. The van der Waals surface area contributed by atoms with E-state index >= 15 is 0 Å². The molecular weight excluding hydrogens is 276 g/mol. The molecule has 0 saturated carbocycles. The smallest absolute Gasteiger partial charge is 0.305 e. The molecule has 0 saturated heterocycles. The topological polar surface area (TPSA) is 78.4 Å². The highest BCUT2D eigenvalue weighted by atomic mass is 79.9. The number of rotatable bonds is 2. The largest absolute Gasteiger partial charge is 0.481 e. The molecule has 1 unspecified atom stereocenters. The summed E-state index contributed by atoms with van der Waals surface area (Å²) >= 11 is 3.29. The van der Waals surface area contributed by atoms with Gasteiger partial charge in [-0.05, 0) is 18.2 Å². The summed E-state index contributed by atoms with van der Waals surface area (Å²) in [5.41, 5.74) is 1.38. The number of hydrogen-bond donors (Lipinski definition) is 3. The molecule has 2 rings (SSSR count). The molecular formula is C10H9BrN2O3. The third-order valence-corrected chi connectivity index (χ3v) is 2.76. The number of fused-ring (bicyclic) bond motifs is 1. The average molecular weight is 285 g/mol. The first kappa shape index (κ1) is 10.9. The Morgan fingerprint density at radius 2 is 2.19 bits per heavy atom. The number of carboxylic acids is 1. The Balaban J connectivity index is 2.25. The lowest BCUT2D eigenvalue weighted by Gasteiger charge is -2.25. The zero-order chi connectivity index (χ0) is 11.7. The number of carbonyl (C=O) groups is 2. The van der Waals surface area contributed by atoms with E-state index in [1.165, 1.54) is 0 Å². The lowest BCUT2D eigenvalue weighted by atomic mass is 10.1. The lowest BCUT2D eigenvalue weighted by Crippen LogP contribution is -2.40. The van der Waals surface area contributed by atoms with Crippen LogP contribution in [0.15, 0.2) is 22.7 Å². The van der Waals surface area contributed by atoms with Crippen LogP contribution < -0.4 is 10.6 Å². The maximum Gasteiger partial charge on any atom is 0.305 e. The second-order valence-corrected chi connectivity index (χ2v) is 4.39. The van der Waals surface area contributed by atoms with E-state index in [1.807, 2.05) is 6.07 Å². The molecule has 3 N–H and O–H groups in total. The Morgan fingerprint density at radius 3 is 2.88 bits per heavy atom. The fraction of sp³-hybridized carbons (Fsp3) is 0.200.